The number of hydrogen-bond acceptors (Lipinski definition) is 0. The van der Waals surface area contributed by atoms with E-state index in [0.29, 0.717) is 5.92 Å². The molecule has 0 amide bonds. The zero-order valence-electron chi connectivity index (χ0n) is 9.09. The Morgan fingerprint density at radius 3 is 2.17 bits per heavy atom. The molecule has 0 heterocycles. The summed E-state index contributed by atoms with van der Waals surface area (Å²) in [5.74, 6) is 1.40. The Morgan fingerprint density at radius 2 is 1.83 bits per heavy atom. The number of hydrogen-bond donors (Lipinski definition) is 0. The third kappa shape index (κ3) is 3.75. The molecule has 0 aliphatic heterocycles. The lowest BCUT2D eigenvalue weighted by molar-refractivity contribution is 0.568. The smallest absolute Gasteiger partial charge is 0.0229 e. The molecule has 0 aliphatic rings. The fraction of sp³-hybridized carbons (Fsp3) is 0.667. The van der Waals surface area contributed by atoms with Crippen molar-refractivity contribution in [2.24, 2.45) is 11.8 Å². The van der Waals surface area contributed by atoms with Gasteiger partial charge in [0, 0.05) is 0 Å². The van der Waals surface area contributed by atoms with Gasteiger partial charge in [0.2, 0.25) is 0 Å². The molecule has 0 aromatic rings. The van der Waals surface area contributed by atoms with Gasteiger partial charge < -0.3 is 0 Å². The van der Waals surface area contributed by atoms with Crippen molar-refractivity contribution in [1.29, 1.82) is 0 Å². The van der Waals surface area contributed by atoms with Crippen molar-refractivity contribution in [2.45, 2.75) is 41.0 Å². The molecule has 0 saturated carbocycles. The van der Waals surface area contributed by atoms with Gasteiger partial charge in [-0.05, 0) is 25.2 Å². The highest BCUT2D eigenvalue weighted by Gasteiger charge is 2.08. The normalized spacial score (nSPS) is 16.0. The average Bonchev–Trinajstić information content (AvgIpc) is 2.04. The fourth-order valence-corrected chi connectivity index (χ4v) is 1.37. The third-order valence-corrected chi connectivity index (χ3v) is 2.33. The molecule has 0 saturated heterocycles. The van der Waals surface area contributed by atoms with E-state index in [1.807, 2.05) is 0 Å². The van der Waals surface area contributed by atoms with Crippen LogP contribution in [0.15, 0.2) is 23.8 Å². The Kier molecular flexibility index (Phi) is 5.79. The molecule has 0 fully saturated rings. The van der Waals surface area contributed by atoms with Gasteiger partial charge in [-0.2, -0.15) is 0 Å². The molecule has 0 nitrogen and oxygen atoms in total. The number of allylic oxidation sites excluding steroid dienone is 4. The molecule has 1 unspecified atom stereocenters. The first-order valence-corrected chi connectivity index (χ1v) is 4.96. The Hall–Kier alpha value is -0.520. The Bertz CT molecular complexity index is 161. The van der Waals surface area contributed by atoms with Gasteiger partial charge in [0.15, 0.2) is 0 Å². The van der Waals surface area contributed by atoms with Crippen LogP contribution >= 0.6 is 0 Å². The van der Waals surface area contributed by atoms with Crippen LogP contribution in [-0.4, -0.2) is 0 Å². The maximum Gasteiger partial charge on any atom is -0.0229 e. The maximum absolute atomic E-state index is 2.30. The maximum atomic E-state index is 2.30. The molecule has 0 bridgehead atoms. The summed E-state index contributed by atoms with van der Waals surface area (Å²) in [5, 5.41) is 0. The van der Waals surface area contributed by atoms with Crippen LogP contribution in [-0.2, 0) is 0 Å². The van der Waals surface area contributed by atoms with Crippen LogP contribution in [0.5, 0.6) is 0 Å². The molecule has 0 heteroatoms. The minimum absolute atomic E-state index is 0.677. The monoisotopic (exact) mass is 166 g/mol. The lowest BCUT2D eigenvalue weighted by Crippen LogP contribution is -2.04. The van der Waals surface area contributed by atoms with E-state index in [1.54, 1.807) is 5.57 Å². The molecular weight excluding hydrogens is 144 g/mol. The van der Waals surface area contributed by atoms with Gasteiger partial charge in [-0.3, -0.25) is 0 Å². The molecule has 0 spiro atoms. The topological polar surface area (TPSA) is 0 Å². The first kappa shape index (κ1) is 11.5. The Morgan fingerprint density at radius 1 is 1.25 bits per heavy atom. The van der Waals surface area contributed by atoms with E-state index in [-0.39, 0.29) is 0 Å². The summed E-state index contributed by atoms with van der Waals surface area (Å²) in [7, 11) is 0. The Labute approximate surface area is 77.4 Å². The van der Waals surface area contributed by atoms with Crippen LogP contribution in [0.25, 0.3) is 0 Å². The van der Waals surface area contributed by atoms with Gasteiger partial charge in [-0.1, -0.05) is 51.5 Å². The standard InChI is InChI=1S/C12H22/c1-6-8-9-12(10(3)4)11(5)7-2/h6,8-11H,7H2,1-5H3/b8-6-,12-9-. The van der Waals surface area contributed by atoms with Crippen molar-refractivity contribution in [1.82, 2.24) is 0 Å². The summed E-state index contributed by atoms with van der Waals surface area (Å²) in [5.41, 5.74) is 1.57. The summed E-state index contributed by atoms with van der Waals surface area (Å²) >= 11 is 0. The van der Waals surface area contributed by atoms with Crippen molar-refractivity contribution in [2.75, 3.05) is 0 Å². The molecular formula is C12H22. The van der Waals surface area contributed by atoms with E-state index in [9.17, 15) is 0 Å². The summed E-state index contributed by atoms with van der Waals surface area (Å²) in [4.78, 5) is 0. The summed E-state index contributed by atoms with van der Waals surface area (Å²) in [6.07, 6.45) is 7.73. The molecule has 70 valence electrons. The van der Waals surface area contributed by atoms with E-state index in [4.69, 9.17) is 0 Å². The molecule has 0 N–H and O–H groups in total. The molecule has 12 heavy (non-hydrogen) atoms. The first-order valence-electron chi connectivity index (χ1n) is 4.96. The predicted molar refractivity (Wildman–Crippen MR) is 57.2 cm³/mol. The predicted octanol–water partition coefficient (Wildman–Crippen LogP) is 4.19. The molecule has 0 radical (unpaired) electrons. The van der Waals surface area contributed by atoms with Crippen LogP contribution < -0.4 is 0 Å². The molecule has 0 aliphatic carbocycles. The van der Waals surface area contributed by atoms with E-state index >= 15 is 0 Å². The van der Waals surface area contributed by atoms with Crippen LogP contribution in [0.3, 0.4) is 0 Å². The molecule has 0 aromatic carbocycles. The van der Waals surface area contributed by atoms with E-state index < -0.39 is 0 Å². The van der Waals surface area contributed by atoms with E-state index in [1.165, 1.54) is 6.42 Å². The summed E-state index contributed by atoms with van der Waals surface area (Å²) in [6, 6.07) is 0. The number of rotatable bonds is 4. The summed E-state index contributed by atoms with van der Waals surface area (Å²) in [6.45, 7) is 11.1. The van der Waals surface area contributed by atoms with Gasteiger partial charge in [-0.25, -0.2) is 0 Å². The fourth-order valence-electron chi connectivity index (χ4n) is 1.37. The molecule has 1 atom stereocenters. The van der Waals surface area contributed by atoms with Crippen molar-refractivity contribution in [3.8, 4) is 0 Å². The Balaban J connectivity index is 4.42. The second-order valence-electron chi connectivity index (χ2n) is 3.66. The van der Waals surface area contributed by atoms with Gasteiger partial charge in [0.05, 0.1) is 0 Å². The van der Waals surface area contributed by atoms with Crippen LogP contribution in [0.4, 0.5) is 0 Å². The highest BCUT2D eigenvalue weighted by molar-refractivity contribution is 5.16. The average molecular weight is 166 g/mol. The lowest BCUT2D eigenvalue weighted by atomic mass is 9.89. The first-order chi connectivity index (χ1) is 5.63. The second-order valence-corrected chi connectivity index (χ2v) is 3.66. The van der Waals surface area contributed by atoms with Crippen LogP contribution in [0.2, 0.25) is 0 Å². The third-order valence-electron chi connectivity index (χ3n) is 2.33. The minimum atomic E-state index is 0.677. The van der Waals surface area contributed by atoms with Crippen LogP contribution in [0, 0.1) is 11.8 Å². The molecule has 0 aromatic heterocycles. The van der Waals surface area contributed by atoms with Crippen molar-refractivity contribution < 1.29 is 0 Å². The van der Waals surface area contributed by atoms with Crippen molar-refractivity contribution >= 4 is 0 Å². The highest BCUT2D eigenvalue weighted by Crippen LogP contribution is 2.22. The van der Waals surface area contributed by atoms with Gasteiger partial charge in [0.25, 0.3) is 0 Å². The lowest BCUT2D eigenvalue weighted by Gasteiger charge is -2.17. The largest absolute Gasteiger partial charge is 0.0877 e. The SMILES string of the molecule is C/C=C\C=C(\C(C)C)C(C)CC. The summed E-state index contributed by atoms with van der Waals surface area (Å²) < 4.78 is 0. The van der Waals surface area contributed by atoms with Gasteiger partial charge >= 0.3 is 0 Å². The zero-order chi connectivity index (χ0) is 9.56. The minimum Gasteiger partial charge on any atom is -0.0877 e. The van der Waals surface area contributed by atoms with Crippen molar-refractivity contribution in [3.63, 3.8) is 0 Å². The van der Waals surface area contributed by atoms with E-state index in [0.717, 1.165) is 5.92 Å². The quantitative estimate of drug-likeness (QED) is 0.549. The van der Waals surface area contributed by atoms with Gasteiger partial charge in [0.1, 0.15) is 0 Å². The van der Waals surface area contributed by atoms with Crippen LogP contribution in [0.1, 0.15) is 41.0 Å². The van der Waals surface area contributed by atoms with Crippen molar-refractivity contribution in [3.05, 3.63) is 23.8 Å². The van der Waals surface area contributed by atoms with Gasteiger partial charge in [-0.15, -0.1) is 0 Å². The zero-order valence-corrected chi connectivity index (χ0v) is 9.09. The second kappa shape index (κ2) is 6.05. The van der Waals surface area contributed by atoms with E-state index in [2.05, 4.69) is 52.8 Å². The molecule has 0 rings (SSSR count). The highest BCUT2D eigenvalue weighted by atomic mass is 14.1.